The molecule has 0 unspecified atom stereocenters. The first kappa shape index (κ1) is 10.2. The van der Waals surface area contributed by atoms with Crippen LogP contribution in [0.2, 0.25) is 0 Å². The van der Waals surface area contributed by atoms with E-state index in [9.17, 15) is 4.79 Å². The Morgan fingerprint density at radius 2 is 2.43 bits per heavy atom. The Balaban J connectivity index is 3.41. The summed E-state index contributed by atoms with van der Waals surface area (Å²) < 4.78 is 4.68. The maximum atomic E-state index is 11.1. The average molecular weight is 209 g/mol. The number of rotatable bonds is 1. The van der Waals surface area contributed by atoms with E-state index in [2.05, 4.69) is 9.72 Å². The summed E-state index contributed by atoms with van der Waals surface area (Å²) in [5.74, 6) is -0.508. The minimum atomic E-state index is -0.606. The molecule has 0 saturated carbocycles. The fourth-order valence-corrected chi connectivity index (χ4v) is 1.12. The van der Waals surface area contributed by atoms with E-state index >= 15 is 0 Å². The predicted octanol–water partition coefficient (Wildman–Crippen LogP) is 0.985. The van der Waals surface area contributed by atoms with Gasteiger partial charge in [-0.25, -0.2) is 4.79 Å². The maximum absolute atomic E-state index is 11.1. The fraction of sp³-hybridized carbons (Fsp3) is 0.125. The second kappa shape index (κ2) is 3.89. The number of nitrogens with zero attached hydrogens (tertiary/aromatic N) is 1. The van der Waals surface area contributed by atoms with Gasteiger partial charge in [0.2, 0.25) is 0 Å². The lowest BCUT2D eigenvalue weighted by Crippen LogP contribution is -2.08. The summed E-state index contributed by atoms with van der Waals surface area (Å²) in [6.45, 7) is 0. The van der Waals surface area contributed by atoms with Gasteiger partial charge in [-0.3, -0.25) is 0 Å². The standard InChI is InChI=1S/C8H7N3O2S/c1-13-8(12)5-2-4(3-9)7(14)11-6(5)10/h2H,1H3,(H3,10,11,14). The summed E-state index contributed by atoms with van der Waals surface area (Å²) >= 11 is 4.81. The van der Waals surface area contributed by atoms with E-state index in [-0.39, 0.29) is 21.6 Å². The van der Waals surface area contributed by atoms with E-state index in [4.69, 9.17) is 23.2 Å². The number of carbonyl (C=O) groups excluding carboxylic acids is 1. The molecule has 1 aromatic rings. The number of nitrogens with one attached hydrogen (secondary N) is 1. The quantitative estimate of drug-likeness (QED) is 0.531. The van der Waals surface area contributed by atoms with Gasteiger partial charge >= 0.3 is 5.97 Å². The number of H-pyrrole nitrogens is 1. The first-order chi connectivity index (χ1) is 6.60. The highest BCUT2D eigenvalue weighted by Crippen LogP contribution is 2.12. The number of ether oxygens (including phenoxy) is 1. The highest BCUT2D eigenvalue weighted by Gasteiger charge is 2.12. The van der Waals surface area contributed by atoms with Crippen molar-refractivity contribution in [3.63, 3.8) is 0 Å². The van der Waals surface area contributed by atoms with Crippen molar-refractivity contribution in [1.29, 1.82) is 5.26 Å². The van der Waals surface area contributed by atoms with Gasteiger partial charge in [-0.15, -0.1) is 0 Å². The first-order valence-corrected chi connectivity index (χ1v) is 4.02. The number of anilines is 1. The Labute approximate surface area is 85.1 Å². The van der Waals surface area contributed by atoms with Crippen LogP contribution in [-0.2, 0) is 4.74 Å². The van der Waals surface area contributed by atoms with Crippen molar-refractivity contribution in [2.24, 2.45) is 0 Å². The van der Waals surface area contributed by atoms with Gasteiger partial charge in [0, 0.05) is 0 Å². The van der Waals surface area contributed by atoms with Crippen molar-refractivity contribution in [3.05, 3.63) is 21.8 Å². The molecule has 0 spiro atoms. The second-order valence-corrected chi connectivity index (χ2v) is 2.85. The number of hydrogen-bond acceptors (Lipinski definition) is 5. The molecule has 72 valence electrons. The number of aromatic nitrogens is 1. The minimum absolute atomic E-state index is 0.0980. The highest BCUT2D eigenvalue weighted by molar-refractivity contribution is 7.71. The van der Waals surface area contributed by atoms with Crippen molar-refractivity contribution < 1.29 is 9.53 Å². The second-order valence-electron chi connectivity index (χ2n) is 2.44. The Morgan fingerprint density at radius 1 is 1.79 bits per heavy atom. The summed E-state index contributed by atoms with van der Waals surface area (Å²) in [6, 6.07) is 3.15. The number of hydrogen-bond donors (Lipinski definition) is 2. The molecule has 0 atom stereocenters. The predicted molar refractivity (Wildman–Crippen MR) is 52.1 cm³/mol. The molecule has 0 radical (unpaired) electrons. The maximum Gasteiger partial charge on any atom is 0.341 e. The third-order valence-corrected chi connectivity index (χ3v) is 1.92. The van der Waals surface area contributed by atoms with Gasteiger partial charge < -0.3 is 15.5 Å². The largest absolute Gasteiger partial charge is 0.465 e. The van der Waals surface area contributed by atoms with Crippen molar-refractivity contribution in [3.8, 4) is 6.07 Å². The van der Waals surface area contributed by atoms with E-state index in [1.165, 1.54) is 13.2 Å². The third-order valence-electron chi connectivity index (χ3n) is 1.60. The smallest absolute Gasteiger partial charge is 0.341 e. The van der Waals surface area contributed by atoms with E-state index in [1.54, 1.807) is 0 Å². The van der Waals surface area contributed by atoms with Crippen LogP contribution in [0.15, 0.2) is 6.07 Å². The molecule has 5 nitrogen and oxygen atoms in total. The van der Waals surface area contributed by atoms with Crippen LogP contribution in [0.25, 0.3) is 0 Å². The summed E-state index contributed by atoms with van der Waals surface area (Å²) in [6.07, 6.45) is 0. The molecule has 0 fully saturated rings. The molecule has 0 aliphatic heterocycles. The summed E-state index contributed by atoms with van der Waals surface area (Å²) in [7, 11) is 1.23. The lowest BCUT2D eigenvalue weighted by Gasteiger charge is -2.03. The highest BCUT2D eigenvalue weighted by atomic mass is 32.1. The topological polar surface area (TPSA) is 91.9 Å². The number of nitrogens with two attached hydrogens (primary N) is 1. The van der Waals surface area contributed by atoms with Crippen molar-refractivity contribution in [2.75, 3.05) is 12.8 Å². The fourth-order valence-electron chi connectivity index (χ4n) is 0.907. The normalized spacial score (nSPS) is 9.14. The monoisotopic (exact) mass is 209 g/mol. The molecule has 14 heavy (non-hydrogen) atoms. The van der Waals surface area contributed by atoms with Crippen molar-refractivity contribution >= 4 is 24.0 Å². The summed E-state index contributed by atoms with van der Waals surface area (Å²) in [5, 5.41) is 8.66. The number of carbonyl (C=O) groups is 1. The van der Waals surface area contributed by atoms with Crippen molar-refractivity contribution in [1.82, 2.24) is 4.98 Å². The number of aromatic amines is 1. The first-order valence-electron chi connectivity index (χ1n) is 3.61. The third kappa shape index (κ3) is 1.72. The summed E-state index contributed by atoms with van der Waals surface area (Å²) in [5.41, 5.74) is 5.79. The van der Waals surface area contributed by atoms with Crippen LogP contribution in [0.5, 0.6) is 0 Å². The zero-order valence-corrected chi connectivity index (χ0v) is 8.14. The minimum Gasteiger partial charge on any atom is -0.465 e. The molecule has 3 N–H and O–H groups in total. The molecule has 0 bridgehead atoms. The lowest BCUT2D eigenvalue weighted by atomic mass is 10.2. The number of pyridine rings is 1. The number of nitriles is 1. The number of methoxy groups -OCH3 is 1. The van der Waals surface area contributed by atoms with Crippen LogP contribution in [0.4, 0.5) is 5.82 Å². The Morgan fingerprint density at radius 3 is 2.93 bits per heavy atom. The van der Waals surface area contributed by atoms with E-state index < -0.39 is 5.97 Å². The van der Waals surface area contributed by atoms with Crippen LogP contribution in [0, 0.1) is 16.0 Å². The SMILES string of the molecule is COC(=O)c1cc(C#N)c(=S)[nH]c1N. The van der Waals surface area contributed by atoms with Gasteiger partial charge in [-0.1, -0.05) is 12.2 Å². The van der Waals surface area contributed by atoms with Gasteiger partial charge in [-0.05, 0) is 6.07 Å². The molecule has 0 aliphatic rings. The zero-order valence-electron chi connectivity index (χ0n) is 7.33. The molecule has 0 aromatic carbocycles. The van der Waals surface area contributed by atoms with E-state index in [1.807, 2.05) is 6.07 Å². The molecule has 1 heterocycles. The zero-order chi connectivity index (χ0) is 10.7. The molecule has 6 heteroatoms. The van der Waals surface area contributed by atoms with Gasteiger partial charge in [-0.2, -0.15) is 5.26 Å². The number of nitrogen functional groups attached to an aromatic ring is 1. The molecular weight excluding hydrogens is 202 g/mol. The average Bonchev–Trinajstić information content (AvgIpc) is 2.17. The van der Waals surface area contributed by atoms with Crippen LogP contribution in [0.3, 0.4) is 0 Å². The molecular formula is C8H7N3O2S. The molecule has 0 saturated heterocycles. The molecule has 0 amide bonds. The van der Waals surface area contributed by atoms with Crippen LogP contribution < -0.4 is 5.73 Å². The molecule has 1 aromatic heterocycles. The van der Waals surface area contributed by atoms with Gasteiger partial charge in [0.1, 0.15) is 22.1 Å². The summed E-state index contributed by atoms with van der Waals surface area (Å²) in [4.78, 5) is 13.7. The Kier molecular flexibility index (Phi) is 2.84. The lowest BCUT2D eigenvalue weighted by molar-refractivity contribution is 0.0601. The number of esters is 1. The van der Waals surface area contributed by atoms with Gasteiger partial charge in [0.05, 0.1) is 12.7 Å². The molecule has 1 rings (SSSR count). The van der Waals surface area contributed by atoms with Gasteiger partial charge in [0.25, 0.3) is 0 Å². The van der Waals surface area contributed by atoms with Crippen LogP contribution in [0.1, 0.15) is 15.9 Å². The van der Waals surface area contributed by atoms with Crippen LogP contribution in [-0.4, -0.2) is 18.1 Å². The van der Waals surface area contributed by atoms with E-state index in [0.717, 1.165) is 0 Å². The molecule has 0 aliphatic carbocycles. The van der Waals surface area contributed by atoms with Crippen molar-refractivity contribution in [2.45, 2.75) is 0 Å². The van der Waals surface area contributed by atoms with Gasteiger partial charge in [0.15, 0.2) is 0 Å². The van der Waals surface area contributed by atoms with Crippen LogP contribution >= 0.6 is 12.2 Å². The Hall–Kier alpha value is -1.87. The van der Waals surface area contributed by atoms with E-state index in [0.29, 0.717) is 0 Å². The Bertz CT molecular complexity index is 472.